The number of hydrogen-bond donors (Lipinski definition) is 0. The van der Waals surface area contributed by atoms with Gasteiger partial charge in [-0.25, -0.2) is 4.79 Å². The Morgan fingerprint density at radius 1 is 0.947 bits per heavy atom. The van der Waals surface area contributed by atoms with Crippen LogP contribution in [0.15, 0.2) is 0 Å². The van der Waals surface area contributed by atoms with E-state index in [1.54, 1.807) is 6.92 Å². The lowest BCUT2D eigenvalue weighted by Gasteiger charge is -2.15. The first kappa shape index (κ1) is 17.9. The monoisotopic (exact) mass is 274 g/mol. The van der Waals surface area contributed by atoms with Gasteiger partial charge in [-0.1, -0.05) is 26.7 Å². The van der Waals surface area contributed by atoms with Crippen LogP contribution in [0.3, 0.4) is 0 Å². The zero-order valence-electron chi connectivity index (χ0n) is 12.3. The molecular formula is C14H26O5. The van der Waals surface area contributed by atoms with E-state index in [9.17, 15) is 9.59 Å². The molecule has 0 fully saturated rings. The Balaban J connectivity index is 4.08. The molecule has 0 aromatic carbocycles. The summed E-state index contributed by atoms with van der Waals surface area (Å²) in [6.45, 7) is 6.91. The second kappa shape index (κ2) is 12.0. The number of ether oxygens (including phenoxy) is 3. The molecule has 0 heterocycles. The highest BCUT2D eigenvalue weighted by molar-refractivity contribution is 5.81. The molecule has 0 spiro atoms. The molecule has 5 nitrogen and oxygen atoms in total. The van der Waals surface area contributed by atoms with E-state index in [-0.39, 0.29) is 6.42 Å². The van der Waals surface area contributed by atoms with Crippen LogP contribution in [-0.2, 0) is 23.8 Å². The third-order valence-corrected chi connectivity index (χ3v) is 2.49. The third-order valence-electron chi connectivity index (χ3n) is 2.49. The molecule has 112 valence electrons. The van der Waals surface area contributed by atoms with Crippen molar-refractivity contribution in [3.8, 4) is 0 Å². The van der Waals surface area contributed by atoms with Gasteiger partial charge in [0.05, 0.1) is 19.6 Å². The standard InChI is InChI=1S/C14H26O5/c1-4-7-9-18-13(15)11-12(17-6-3)14(16)19-10-8-5-2/h12H,4-11H2,1-3H3. The van der Waals surface area contributed by atoms with E-state index in [1.165, 1.54) is 0 Å². The zero-order chi connectivity index (χ0) is 14.5. The molecule has 0 aromatic rings. The Morgan fingerprint density at radius 3 is 2.05 bits per heavy atom. The molecule has 0 radical (unpaired) electrons. The molecular weight excluding hydrogens is 248 g/mol. The highest BCUT2D eigenvalue weighted by Crippen LogP contribution is 2.05. The average Bonchev–Trinajstić information content (AvgIpc) is 2.38. The van der Waals surface area contributed by atoms with E-state index < -0.39 is 18.0 Å². The normalized spacial score (nSPS) is 11.9. The minimum absolute atomic E-state index is 0.0808. The predicted molar refractivity (Wildman–Crippen MR) is 71.8 cm³/mol. The van der Waals surface area contributed by atoms with Crippen molar-refractivity contribution in [3.63, 3.8) is 0 Å². The van der Waals surface area contributed by atoms with Gasteiger partial charge in [0.15, 0.2) is 6.10 Å². The summed E-state index contributed by atoms with van der Waals surface area (Å²) in [4.78, 5) is 23.2. The van der Waals surface area contributed by atoms with E-state index in [0.29, 0.717) is 19.8 Å². The second-order valence-electron chi connectivity index (χ2n) is 4.24. The van der Waals surface area contributed by atoms with Gasteiger partial charge in [0.2, 0.25) is 0 Å². The molecule has 0 aliphatic rings. The topological polar surface area (TPSA) is 61.8 Å². The SMILES string of the molecule is CCCCOC(=O)CC(OCC)C(=O)OCCCC. The van der Waals surface area contributed by atoms with Gasteiger partial charge in [-0.3, -0.25) is 4.79 Å². The van der Waals surface area contributed by atoms with Gasteiger partial charge in [-0.05, 0) is 19.8 Å². The van der Waals surface area contributed by atoms with Crippen molar-refractivity contribution in [2.75, 3.05) is 19.8 Å². The first-order chi connectivity index (χ1) is 9.15. The highest BCUT2D eigenvalue weighted by atomic mass is 16.6. The van der Waals surface area contributed by atoms with Crippen LogP contribution in [0.25, 0.3) is 0 Å². The Morgan fingerprint density at radius 2 is 1.53 bits per heavy atom. The van der Waals surface area contributed by atoms with Gasteiger partial charge in [0.25, 0.3) is 0 Å². The van der Waals surface area contributed by atoms with Crippen LogP contribution in [0.2, 0.25) is 0 Å². The summed E-state index contributed by atoms with van der Waals surface area (Å²) in [5.41, 5.74) is 0. The summed E-state index contributed by atoms with van der Waals surface area (Å²) in [7, 11) is 0. The van der Waals surface area contributed by atoms with Gasteiger partial charge in [0, 0.05) is 6.61 Å². The van der Waals surface area contributed by atoms with Crippen molar-refractivity contribution in [3.05, 3.63) is 0 Å². The molecule has 0 amide bonds. The van der Waals surface area contributed by atoms with Crippen molar-refractivity contribution < 1.29 is 23.8 Å². The van der Waals surface area contributed by atoms with Crippen LogP contribution in [0.4, 0.5) is 0 Å². The van der Waals surface area contributed by atoms with Crippen LogP contribution < -0.4 is 0 Å². The summed E-state index contributed by atoms with van der Waals surface area (Å²) >= 11 is 0. The molecule has 0 rings (SSSR count). The quantitative estimate of drug-likeness (QED) is 0.428. The minimum Gasteiger partial charge on any atom is -0.466 e. The van der Waals surface area contributed by atoms with Crippen LogP contribution in [-0.4, -0.2) is 37.9 Å². The van der Waals surface area contributed by atoms with Crippen molar-refractivity contribution in [2.45, 2.75) is 59.0 Å². The number of carbonyl (C=O) groups is 2. The molecule has 19 heavy (non-hydrogen) atoms. The fourth-order valence-corrected chi connectivity index (χ4v) is 1.36. The third kappa shape index (κ3) is 9.47. The summed E-state index contributed by atoms with van der Waals surface area (Å²) in [6, 6.07) is 0. The first-order valence-electron chi connectivity index (χ1n) is 7.09. The maximum absolute atomic E-state index is 11.7. The van der Waals surface area contributed by atoms with Gasteiger partial charge in [-0.15, -0.1) is 0 Å². The van der Waals surface area contributed by atoms with Gasteiger partial charge in [-0.2, -0.15) is 0 Å². The molecule has 1 unspecified atom stereocenters. The lowest BCUT2D eigenvalue weighted by Crippen LogP contribution is -2.30. The molecule has 0 aromatic heterocycles. The van der Waals surface area contributed by atoms with Crippen LogP contribution in [0, 0.1) is 0 Å². The Kier molecular flexibility index (Phi) is 11.3. The number of esters is 2. The van der Waals surface area contributed by atoms with Gasteiger partial charge in [0.1, 0.15) is 0 Å². The minimum atomic E-state index is -0.851. The summed E-state index contributed by atoms with van der Waals surface area (Å²) in [6.07, 6.45) is 2.61. The lowest BCUT2D eigenvalue weighted by molar-refractivity contribution is -0.163. The van der Waals surface area contributed by atoms with E-state index in [0.717, 1.165) is 25.7 Å². The summed E-state index contributed by atoms with van der Waals surface area (Å²) < 4.78 is 15.3. The first-order valence-corrected chi connectivity index (χ1v) is 7.09. The highest BCUT2D eigenvalue weighted by Gasteiger charge is 2.24. The van der Waals surface area contributed by atoms with Crippen LogP contribution in [0.5, 0.6) is 0 Å². The molecule has 1 atom stereocenters. The number of carbonyl (C=O) groups excluding carboxylic acids is 2. The van der Waals surface area contributed by atoms with Crippen molar-refractivity contribution >= 4 is 11.9 Å². The Bertz CT molecular complexity index is 252. The van der Waals surface area contributed by atoms with Crippen molar-refractivity contribution in [1.29, 1.82) is 0 Å². The predicted octanol–water partition coefficient (Wildman–Crippen LogP) is 2.47. The van der Waals surface area contributed by atoms with E-state index in [2.05, 4.69) is 0 Å². The molecule has 0 N–H and O–H groups in total. The number of rotatable bonds is 11. The number of unbranched alkanes of at least 4 members (excludes halogenated alkanes) is 2. The lowest BCUT2D eigenvalue weighted by atomic mass is 10.2. The van der Waals surface area contributed by atoms with E-state index in [1.807, 2.05) is 13.8 Å². The van der Waals surface area contributed by atoms with Gasteiger partial charge >= 0.3 is 11.9 Å². The largest absolute Gasteiger partial charge is 0.466 e. The Labute approximate surface area is 115 Å². The second-order valence-corrected chi connectivity index (χ2v) is 4.24. The van der Waals surface area contributed by atoms with Crippen molar-refractivity contribution in [2.24, 2.45) is 0 Å². The molecule has 5 heteroatoms. The Hall–Kier alpha value is -1.10. The van der Waals surface area contributed by atoms with E-state index >= 15 is 0 Å². The fourth-order valence-electron chi connectivity index (χ4n) is 1.36. The average molecular weight is 274 g/mol. The van der Waals surface area contributed by atoms with Gasteiger partial charge < -0.3 is 14.2 Å². The van der Waals surface area contributed by atoms with E-state index in [4.69, 9.17) is 14.2 Å². The fraction of sp³-hybridized carbons (Fsp3) is 0.857. The molecule has 0 aliphatic carbocycles. The van der Waals surface area contributed by atoms with Crippen LogP contribution >= 0.6 is 0 Å². The maximum atomic E-state index is 11.7. The van der Waals surface area contributed by atoms with Crippen LogP contribution in [0.1, 0.15) is 52.9 Å². The summed E-state index contributed by atoms with van der Waals surface area (Å²) in [5, 5.41) is 0. The summed E-state index contributed by atoms with van der Waals surface area (Å²) in [5.74, 6) is -0.901. The maximum Gasteiger partial charge on any atom is 0.335 e. The molecule has 0 saturated heterocycles. The number of hydrogen-bond acceptors (Lipinski definition) is 5. The molecule has 0 bridgehead atoms. The smallest absolute Gasteiger partial charge is 0.335 e. The molecule has 0 saturated carbocycles. The van der Waals surface area contributed by atoms with Crippen molar-refractivity contribution in [1.82, 2.24) is 0 Å². The molecule has 0 aliphatic heterocycles. The zero-order valence-corrected chi connectivity index (χ0v) is 12.3.